The number of nitrogens with zero attached hydrogens (tertiary/aromatic N) is 5. The molecular weight excluding hydrogens is 425 g/mol. The second-order valence-electron chi connectivity index (χ2n) is 8.73. The van der Waals surface area contributed by atoms with Crippen molar-refractivity contribution in [2.75, 3.05) is 45.8 Å². The Morgan fingerprint density at radius 3 is 2.27 bits per heavy atom. The number of hydrogen-bond donors (Lipinski definition) is 0. The number of piperazine rings is 1. The zero-order valence-electron chi connectivity index (χ0n) is 19.0. The van der Waals surface area contributed by atoms with Crippen LogP contribution < -0.4 is 5.43 Å². The van der Waals surface area contributed by atoms with Crippen LogP contribution in [0.5, 0.6) is 0 Å². The maximum atomic E-state index is 14.3. The Hall–Kier alpha value is -3.07. The van der Waals surface area contributed by atoms with E-state index in [-0.39, 0.29) is 17.3 Å². The van der Waals surface area contributed by atoms with E-state index in [0.29, 0.717) is 38.4 Å². The lowest BCUT2D eigenvalue weighted by Crippen LogP contribution is -2.52. The van der Waals surface area contributed by atoms with E-state index >= 15 is 0 Å². The summed E-state index contributed by atoms with van der Waals surface area (Å²) in [5.74, 6) is -0.814. The van der Waals surface area contributed by atoms with E-state index < -0.39 is 17.2 Å². The van der Waals surface area contributed by atoms with E-state index in [4.69, 9.17) is 0 Å². The number of aromatic nitrogens is 2. The summed E-state index contributed by atoms with van der Waals surface area (Å²) < 4.78 is 15.6. The lowest BCUT2D eigenvalue weighted by atomic mass is 10.2. The number of carbonyl (C=O) groups is 2. The topological polar surface area (TPSA) is 78.8 Å². The quantitative estimate of drug-likeness (QED) is 0.703. The molecule has 1 aromatic carbocycles. The smallest absolute Gasteiger partial charge is 0.278 e. The Labute approximate surface area is 192 Å². The molecule has 2 aromatic rings. The molecule has 3 heterocycles. The Bertz CT molecular complexity index is 1070. The Kier molecular flexibility index (Phi) is 7.17. The van der Waals surface area contributed by atoms with E-state index in [0.717, 1.165) is 25.9 Å². The molecule has 0 aliphatic carbocycles. The van der Waals surface area contributed by atoms with Gasteiger partial charge in [-0.1, -0.05) is 25.0 Å². The summed E-state index contributed by atoms with van der Waals surface area (Å²) in [4.78, 5) is 43.8. The van der Waals surface area contributed by atoms with Gasteiger partial charge in [0.15, 0.2) is 5.69 Å². The number of hydrogen-bond acceptors (Lipinski definition) is 5. The fourth-order valence-corrected chi connectivity index (χ4v) is 4.43. The fraction of sp³-hybridized carbons (Fsp3) is 0.500. The number of carbonyl (C=O) groups excluding carboxylic acids is 2. The monoisotopic (exact) mass is 455 g/mol. The second-order valence-corrected chi connectivity index (χ2v) is 8.73. The third-order valence-corrected chi connectivity index (χ3v) is 6.37. The highest BCUT2D eigenvalue weighted by Gasteiger charge is 2.27. The summed E-state index contributed by atoms with van der Waals surface area (Å²) in [6, 6.07) is 7.41. The van der Waals surface area contributed by atoms with Crippen molar-refractivity contribution in [1.82, 2.24) is 24.5 Å². The number of rotatable bonds is 4. The number of halogens is 1. The summed E-state index contributed by atoms with van der Waals surface area (Å²) in [5.41, 5.74) is -0.0822. The van der Waals surface area contributed by atoms with Gasteiger partial charge in [-0.15, -0.1) is 0 Å². The van der Waals surface area contributed by atoms with Crippen LogP contribution >= 0.6 is 0 Å². The van der Waals surface area contributed by atoms with Crippen LogP contribution in [-0.4, -0.2) is 82.1 Å². The van der Waals surface area contributed by atoms with Crippen LogP contribution in [-0.2, 0) is 4.79 Å². The molecule has 0 atom stereocenters. The molecule has 0 radical (unpaired) electrons. The molecule has 0 N–H and O–H groups in total. The summed E-state index contributed by atoms with van der Waals surface area (Å²) in [5, 5.41) is 4.21. The average molecular weight is 456 g/mol. The van der Waals surface area contributed by atoms with Crippen molar-refractivity contribution in [3.63, 3.8) is 0 Å². The molecule has 2 fully saturated rings. The van der Waals surface area contributed by atoms with Crippen LogP contribution in [0, 0.1) is 12.7 Å². The van der Waals surface area contributed by atoms with Crippen LogP contribution in [0.25, 0.3) is 5.69 Å². The van der Waals surface area contributed by atoms with Crippen molar-refractivity contribution in [1.29, 1.82) is 0 Å². The van der Waals surface area contributed by atoms with Crippen LogP contribution in [0.15, 0.2) is 35.1 Å². The largest absolute Gasteiger partial charge is 0.342 e. The lowest BCUT2D eigenvalue weighted by Gasteiger charge is -2.35. The minimum absolute atomic E-state index is 0.143. The molecule has 2 aliphatic rings. The van der Waals surface area contributed by atoms with Gasteiger partial charge in [0.05, 0.1) is 6.54 Å². The Morgan fingerprint density at radius 2 is 1.61 bits per heavy atom. The Morgan fingerprint density at radius 1 is 0.939 bits per heavy atom. The molecule has 2 aliphatic heterocycles. The Balaban J connectivity index is 1.41. The van der Waals surface area contributed by atoms with Crippen molar-refractivity contribution in [3.05, 3.63) is 57.8 Å². The van der Waals surface area contributed by atoms with E-state index in [1.165, 1.54) is 29.7 Å². The maximum absolute atomic E-state index is 14.3. The summed E-state index contributed by atoms with van der Waals surface area (Å²) in [6.45, 7) is 5.56. The minimum atomic E-state index is -0.488. The number of amides is 2. The molecule has 4 rings (SSSR count). The summed E-state index contributed by atoms with van der Waals surface area (Å²) in [7, 11) is 0. The normalized spacial score (nSPS) is 17.6. The predicted molar refractivity (Wildman–Crippen MR) is 122 cm³/mol. The first-order chi connectivity index (χ1) is 15.9. The fourth-order valence-electron chi connectivity index (χ4n) is 4.43. The van der Waals surface area contributed by atoms with Gasteiger partial charge < -0.3 is 9.80 Å². The lowest BCUT2D eigenvalue weighted by molar-refractivity contribution is -0.132. The molecule has 9 heteroatoms. The number of para-hydroxylation sites is 1. The SMILES string of the molecule is Cc1cc(=O)c(C(=O)N2CCN(CC(=O)N3CCCCCC3)CC2)nn1-c1ccccc1F. The van der Waals surface area contributed by atoms with Gasteiger partial charge in [-0.05, 0) is 31.9 Å². The second kappa shape index (κ2) is 10.2. The zero-order valence-corrected chi connectivity index (χ0v) is 19.0. The first-order valence-corrected chi connectivity index (χ1v) is 11.6. The van der Waals surface area contributed by atoms with Crippen LogP contribution in [0.4, 0.5) is 4.39 Å². The number of aryl methyl sites for hydroxylation is 1. The first kappa shape index (κ1) is 23.1. The molecule has 2 amide bonds. The maximum Gasteiger partial charge on any atom is 0.278 e. The van der Waals surface area contributed by atoms with Gasteiger partial charge in [0.25, 0.3) is 5.91 Å². The first-order valence-electron chi connectivity index (χ1n) is 11.6. The van der Waals surface area contributed by atoms with Crippen molar-refractivity contribution >= 4 is 11.8 Å². The van der Waals surface area contributed by atoms with Crippen molar-refractivity contribution < 1.29 is 14.0 Å². The van der Waals surface area contributed by atoms with Crippen molar-refractivity contribution in [3.8, 4) is 5.69 Å². The molecule has 0 bridgehead atoms. The van der Waals surface area contributed by atoms with E-state index in [9.17, 15) is 18.8 Å². The molecule has 8 nitrogen and oxygen atoms in total. The van der Waals surface area contributed by atoms with E-state index in [2.05, 4.69) is 10.00 Å². The zero-order chi connectivity index (χ0) is 23.4. The van der Waals surface area contributed by atoms with Gasteiger partial charge >= 0.3 is 0 Å². The van der Waals surface area contributed by atoms with Crippen LogP contribution in [0.1, 0.15) is 41.9 Å². The predicted octanol–water partition coefficient (Wildman–Crippen LogP) is 1.84. The van der Waals surface area contributed by atoms with E-state index in [1.54, 1.807) is 30.0 Å². The molecule has 1 aromatic heterocycles. The minimum Gasteiger partial charge on any atom is -0.342 e. The third kappa shape index (κ3) is 5.30. The molecule has 0 saturated carbocycles. The molecule has 0 unspecified atom stereocenters. The molecule has 2 saturated heterocycles. The molecule has 0 spiro atoms. The third-order valence-electron chi connectivity index (χ3n) is 6.37. The molecular formula is C24H30FN5O3. The van der Waals surface area contributed by atoms with E-state index in [1.807, 2.05) is 4.90 Å². The van der Waals surface area contributed by atoms with Gasteiger partial charge in [-0.25, -0.2) is 9.07 Å². The van der Waals surface area contributed by atoms with Gasteiger partial charge in [0.1, 0.15) is 11.5 Å². The van der Waals surface area contributed by atoms with Gasteiger partial charge in [-0.2, -0.15) is 5.10 Å². The van der Waals surface area contributed by atoms with Crippen molar-refractivity contribution in [2.45, 2.75) is 32.6 Å². The van der Waals surface area contributed by atoms with Gasteiger partial charge in [0, 0.05) is 51.0 Å². The number of likely N-dealkylation sites (tertiary alicyclic amines) is 1. The molecule has 176 valence electrons. The standard InChI is InChI=1S/C24H30FN5O3/c1-18-16-21(31)23(26-30(18)20-9-5-4-8-19(20)25)24(33)29-14-12-27(13-15-29)17-22(32)28-10-6-2-3-7-11-28/h4-5,8-9,16H,2-3,6-7,10-15,17H2,1H3. The average Bonchev–Trinajstić information content (AvgIpc) is 3.10. The summed E-state index contributed by atoms with van der Waals surface area (Å²) in [6.07, 6.45) is 4.47. The van der Waals surface area contributed by atoms with Gasteiger partial charge in [0.2, 0.25) is 11.3 Å². The van der Waals surface area contributed by atoms with Gasteiger partial charge in [-0.3, -0.25) is 19.3 Å². The van der Waals surface area contributed by atoms with Crippen LogP contribution in [0.3, 0.4) is 0 Å². The summed E-state index contributed by atoms with van der Waals surface area (Å²) >= 11 is 0. The molecule has 33 heavy (non-hydrogen) atoms. The van der Waals surface area contributed by atoms with Crippen molar-refractivity contribution in [2.24, 2.45) is 0 Å². The highest BCUT2D eigenvalue weighted by atomic mass is 19.1. The highest BCUT2D eigenvalue weighted by Crippen LogP contribution is 2.14. The highest BCUT2D eigenvalue weighted by molar-refractivity contribution is 5.92. The number of benzene rings is 1. The van der Waals surface area contributed by atoms with Crippen LogP contribution in [0.2, 0.25) is 0 Å².